The van der Waals surface area contributed by atoms with Crippen LogP contribution in [0.15, 0.2) is 5.10 Å². The lowest BCUT2D eigenvalue weighted by Crippen LogP contribution is -2.19. The second-order valence-corrected chi connectivity index (χ2v) is 3.71. The molecule has 0 spiro atoms. The van der Waals surface area contributed by atoms with Crippen LogP contribution in [0, 0.1) is 5.92 Å². The van der Waals surface area contributed by atoms with Gasteiger partial charge >= 0.3 is 0 Å². The Morgan fingerprint density at radius 2 is 2.00 bits per heavy atom. The minimum atomic E-state index is 0.712. The normalized spacial score (nSPS) is 21.2. The van der Waals surface area contributed by atoms with Crippen molar-refractivity contribution in [3.05, 3.63) is 0 Å². The second-order valence-electron chi connectivity index (χ2n) is 3.71. The topological polar surface area (TPSA) is 38.4 Å². The average Bonchev–Trinajstić information content (AvgIpc) is 2.15. The molecule has 0 atom stereocenters. The van der Waals surface area contributed by atoms with Crippen molar-refractivity contribution in [1.29, 1.82) is 0 Å². The van der Waals surface area contributed by atoms with E-state index in [4.69, 9.17) is 5.84 Å². The molecule has 0 aromatic carbocycles. The summed E-state index contributed by atoms with van der Waals surface area (Å²) in [5.41, 5.74) is 1.26. The number of hydrogen-bond donors (Lipinski definition) is 1. The lowest BCUT2D eigenvalue weighted by molar-refractivity contribution is 0.434. The smallest absolute Gasteiger partial charge is 0.0406 e. The number of hydrogen-bond acceptors (Lipinski definition) is 2. The summed E-state index contributed by atoms with van der Waals surface area (Å²) in [5, 5.41) is 3.92. The first-order valence-electron chi connectivity index (χ1n) is 5.15. The lowest BCUT2D eigenvalue weighted by Gasteiger charge is -2.22. The van der Waals surface area contributed by atoms with Crippen molar-refractivity contribution in [2.45, 2.75) is 51.9 Å². The van der Waals surface area contributed by atoms with E-state index in [-0.39, 0.29) is 0 Å². The van der Waals surface area contributed by atoms with Crippen LogP contribution in [0.25, 0.3) is 0 Å². The van der Waals surface area contributed by atoms with E-state index in [2.05, 4.69) is 12.0 Å². The van der Waals surface area contributed by atoms with Gasteiger partial charge in [0.2, 0.25) is 0 Å². The van der Waals surface area contributed by atoms with Crippen LogP contribution >= 0.6 is 0 Å². The van der Waals surface area contributed by atoms with Crippen molar-refractivity contribution in [2.24, 2.45) is 16.9 Å². The summed E-state index contributed by atoms with van der Waals surface area (Å²) in [6.45, 7) is 2.19. The van der Waals surface area contributed by atoms with E-state index < -0.39 is 0 Å². The third-order valence-corrected chi connectivity index (χ3v) is 2.75. The molecule has 1 aliphatic carbocycles. The van der Waals surface area contributed by atoms with Crippen LogP contribution in [0.4, 0.5) is 0 Å². The Kier molecular flexibility index (Phi) is 4.12. The average molecular weight is 168 g/mol. The van der Waals surface area contributed by atoms with Gasteiger partial charge in [0.25, 0.3) is 0 Å². The molecule has 0 aliphatic heterocycles. The fraction of sp³-hybridized carbons (Fsp3) is 0.900. The minimum absolute atomic E-state index is 0.712. The Bertz CT molecular complexity index is 146. The van der Waals surface area contributed by atoms with E-state index >= 15 is 0 Å². The van der Waals surface area contributed by atoms with Crippen molar-refractivity contribution >= 4 is 5.71 Å². The Hall–Kier alpha value is -0.530. The Morgan fingerprint density at radius 1 is 1.33 bits per heavy atom. The predicted molar refractivity (Wildman–Crippen MR) is 53.1 cm³/mol. The monoisotopic (exact) mass is 168 g/mol. The van der Waals surface area contributed by atoms with Crippen LogP contribution in [0.1, 0.15) is 51.9 Å². The summed E-state index contributed by atoms with van der Waals surface area (Å²) in [7, 11) is 0. The second kappa shape index (κ2) is 5.18. The van der Waals surface area contributed by atoms with Gasteiger partial charge in [0.1, 0.15) is 0 Å². The van der Waals surface area contributed by atoms with E-state index in [1.807, 2.05) is 0 Å². The first-order chi connectivity index (χ1) is 5.88. The molecule has 0 heterocycles. The van der Waals surface area contributed by atoms with Crippen LogP contribution in [0.3, 0.4) is 0 Å². The number of hydrazone groups is 1. The van der Waals surface area contributed by atoms with E-state index in [1.54, 1.807) is 0 Å². The predicted octanol–water partition coefficient (Wildman–Crippen LogP) is 2.68. The van der Waals surface area contributed by atoms with Crippen molar-refractivity contribution in [1.82, 2.24) is 0 Å². The van der Waals surface area contributed by atoms with Gasteiger partial charge in [0.15, 0.2) is 0 Å². The molecule has 2 heteroatoms. The van der Waals surface area contributed by atoms with Crippen molar-refractivity contribution in [2.75, 3.05) is 0 Å². The van der Waals surface area contributed by atoms with Crippen molar-refractivity contribution in [3.8, 4) is 0 Å². The maximum atomic E-state index is 5.38. The van der Waals surface area contributed by atoms with Gasteiger partial charge in [0.05, 0.1) is 0 Å². The molecule has 0 bridgehead atoms. The van der Waals surface area contributed by atoms with Gasteiger partial charge in [-0.15, -0.1) is 0 Å². The maximum Gasteiger partial charge on any atom is 0.0406 e. The fourth-order valence-corrected chi connectivity index (χ4v) is 2.07. The highest BCUT2D eigenvalue weighted by atomic mass is 15.1. The maximum absolute atomic E-state index is 5.38. The van der Waals surface area contributed by atoms with Gasteiger partial charge in [-0.2, -0.15) is 5.10 Å². The molecule has 1 saturated carbocycles. The first-order valence-corrected chi connectivity index (χ1v) is 5.15. The summed E-state index contributed by atoms with van der Waals surface area (Å²) in [6, 6.07) is 0. The van der Waals surface area contributed by atoms with Crippen molar-refractivity contribution in [3.63, 3.8) is 0 Å². The number of nitrogens with two attached hydrogens (primary N) is 1. The molecule has 0 unspecified atom stereocenters. The SMILES string of the molecule is CCC/C(=N\N)C1CCCCC1. The fourth-order valence-electron chi connectivity index (χ4n) is 2.07. The van der Waals surface area contributed by atoms with Gasteiger partial charge in [-0.25, -0.2) is 0 Å². The molecule has 0 saturated heterocycles. The molecule has 70 valence electrons. The highest BCUT2D eigenvalue weighted by molar-refractivity contribution is 5.86. The van der Waals surface area contributed by atoms with Gasteiger partial charge in [0, 0.05) is 5.71 Å². The zero-order valence-electron chi connectivity index (χ0n) is 8.05. The Balaban J connectivity index is 2.41. The summed E-state index contributed by atoms with van der Waals surface area (Å²) in [5.74, 6) is 6.09. The largest absolute Gasteiger partial charge is 0.323 e. The van der Waals surface area contributed by atoms with Crippen LogP contribution in [-0.4, -0.2) is 5.71 Å². The van der Waals surface area contributed by atoms with Gasteiger partial charge in [-0.3, -0.25) is 0 Å². The van der Waals surface area contributed by atoms with Crippen LogP contribution in [-0.2, 0) is 0 Å². The molecule has 0 amide bonds. The molecule has 1 aliphatic rings. The number of nitrogens with zero attached hydrogens (tertiary/aromatic N) is 1. The number of rotatable bonds is 3. The molecule has 1 rings (SSSR count). The molecule has 0 aromatic heterocycles. The minimum Gasteiger partial charge on any atom is -0.323 e. The van der Waals surface area contributed by atoms with Crippen molar-refractivity contribution < 1.29 is 0 Å². The van der Waals surface area contributed by atoms with E-state index in [0.717, 1.165) is 6.42 Å². The quantitative estimate of drug-likeness (QED) is 0.393. The van der Waals surface area contributed by atoms with Crippen LogP contribution < -0.4 is 5.84 Å². The standard InChI is InChI=1S/C10H20N2/c1-2-6-10(12-11)9-7-4-3-5-8-9/h9H,2-8,11H2,1H3/b12-10+. The van der Waals surface area contributed by atoms with Crippen LogP contribution in [0.5, 0.6) is 0 Å². The molecule has 12 heavy (non-hydrogen) atoms. The summed E-state index contributed by atoms with van der Waals surface area (Å²) in [4.78, 5) is 0. The first kappa shape index (κ1) is 9.56. The third-order valence-electron chi connectivity index (χ3n) is 2.75. The Morgan fingerprint density at radius 3 is 2.50 bits per heavy atom. The zero-order valence-corrected chi connectivity index (χ0v) is 8.05. The van der Waals surface area contributed by atoms with Gasteiger partial charge < -0.3 is 5.84 Å². The molecule has 1 fully saturated rings. The molecule has 2 nitrogen and oxygen atoms in total. The summed E-state index contributed by atoms with van der Waals surface area (Å²) < 4.78 is 0. The third kappa shape index (κ3) is 2.50. The van der Waals surface area contributed by atoms with E-state index in [1.165, 1.54) is 44.2 Å². The highest BCUT2D eigenvalue weighted by Crippen LogP contribution is 2.26. The molecule has 0 aromatic rings. The van der Waals surface area contributed by atoms with Gasteiger partial charge in [-0.1, -0.05) is 32.6 Å². The highest BCUT2D eigenvalue weighted by Gasteiger charge is 2.18. The van der Waals surface area contributed by atoms with E-state index in [9.17, 15) is 0 Å². The summed E-state index contributed by atoms with van der Waals surface area (Å²) in [6.07, 6.45) is 9.04. The zero-order chi connectivity index (χ0) is 8.81. The van der Waals surface area contributed by atoms with Gasteiger partial charge in [-0.05, 0) is 25.2 Å². The van der Waals surface area contributed by atoms with E-state index in [0.29, 0.717) is 5.92 Å². The molecular formula is C10H20N2. The lowest BCUT2D eigenvalue weighted by atomic mass is 9.84. The molecule has 2 N–H and O–H groups in total. The summed E-state index contributed by atoms with van der Waals surface area (Å²) >= 11 is 0. The molecule has 0 radical (unpaired) electrons. The molecular weight excluding hydrogens is 148 g/mol. The Labute approximate surface area is 75.2 Å². The van der Waals surface area contributed by atoms with Crippen LogP contribution in [0.2, 0.25) is 0 Å².